The minimum Gasteiger partial charge on any atom is -0.325 e. The highest BCUT2D eigenvalue weighted by Crippen LogP contribution is 2.22. The first kappa shape index (κ1) is 14.5. The number of anilines is 1. The van der Waals surface area contributed by atoms with Crippen LogP contribution in [0.4, 0.5) is 10.1 Å². The molecule has 0 aliphatic heterocycles. The normalized spacial score (nSPS) is 12.2. The van der Waals surface area contributed by atoms with Crippen molar-refractivity contribution in [2.45, 2.75) is 24.3 Å². The Morgan fingerprint density at radius 2 is 2.25 bits per heavy atom. The molecule has 1 unspecified atom stereocenters. The van der Waals surface area contributed by atoms with Gasteiger partial charge in [0.2, 0.25) is 5.91 Å². The van der Waals surface area contributed by atoms with Gasteiger partial charge >= 0.3 is 0 Å². The van der Waals surface area contributed by atoms with Crippen LogP contribution in [0, 0.1) is 12.7 Å². The topological polar surface area (TPSA) is 59.8 Å². The van der Waals surface area contributed by atoms with E-state index in [2.05, 4.69) is 15.5 Å². The summed E-state index contributed by atoms with van der Waals surface area (Å²) in [7, 11) is 1.81. The van der Waals surface area contributed by atoms with Crippen molar-refractivity contribution in [3.63, 3.8) is 0 Å². The summed E-state index contributed by atoms with van der Waals surface area (Å²) in [5, 5.41) is 10.7. The molecule has 1 atom stereocenters. The number of thioether (sulfide) groups is 1. The second-order valence-corrected chi connectivity index (χ2v) is 5.74. The molecule has 1 aromatic carbocycles. The number of carbonyl (C=O) groups is 1. The van der Waals surface area contributed by atoms with E-state index in [1.54, 1.807) is 23.9 Å². The van der Waals surface area contributed by atoms with E-state index in [9.17, 15) is 9.18 Å². The van der Waals surface area contributed by atoms with Crippen molar-refractivity contribution in [1.82, 2.24) is 14.8 Å². The van der Waals surface area contributed by atoms with E-state index in [1.807, 2.05) is 14.0 Å². The van der Waals surface area contributed by atoms with Crippen LogP contribution in [0.5, 0.6) is 0 Å². The van der Waals surface area contributed by atoms with Gasteiger partial charge in [-0.1, -0.05) is 17.8 Å². The fourth-order valence-corrected chi connectivity index (χ4v) is 2.34. The second kappa shape index (κ2) is 6.04. The van der Waals surface area contributed by atoms with Crippen LogP contribution in [0.25, 0.3) is 0 Å². The number of hydrogen-bond acceptors (Lipinski definition) is 4. The van der Waals surface area contributed by atoms with Crippen LogP contribution >= 0.6 is 11.8 Å². The Morgan fingerprint density at radius 3 is 2.90 bits per heavy atom. The zero-order valence-electron chi connectivity index (χ0n) is 11.4. The first-order chi connectivity index (χ1) is 9.47. The van der Waals surface area contributed by atoms with Gasteiger partial charge in [-0.2, -0.15) is 0 Å². The maximum atomic E-state index is 13.2. The highest BCUT2D eigenvalue weighted by atomic mass is 32.2. The van der Waals surface area contributed by atoms with E-state index in [0.29, 0.717) is 10.8 Å². The van der Waals surface area contributed by atoms with Gasteiger partial charge in [-0.15, -0.1) is 10.2 Å². The van der Waals surface area contributed by atoms with E-state index >= 15 is 0 Å². The monoisotopic (exact) mass is 294 g/mol. The SMILES string of the molecule is Cc1ccc(F)cc1NC(=O)C(C)Sc1nncn1C. The van der Waals surface area contributed by atoms with Gasteiger partial charge in [0, 0.05) is 12.7 Å². The fourth-order valence-electron chi connectivity index (χ4n) is 1.55. The number of nitrogens with zero attached hydrogens (tertiary/aromatic N) is 3. The number of hydrogen-bond donors (Lipinski definition) is 1. The number of carbonyl (C=O) groups excluding carboxylic acids is 1. The van der Waals surface area contributed by atoms with Crippen molar-refractivity contribution in [3.8, 4) is 0 Å². The summed E-state index contributed by atoms with van der Waals surface area (Å²) in [6.07, 6.45) is 1.57. The summed E-state index contributed by atoms with van der Waals surface area (Å²) in [6, 6.07) is 4.31. The molecule has 1 N–H and O–H groups in total. The lowest BCUT2D eigenvalue weighted by Crippen LogP contribution is -2.23. The molecule has 1 amide bonds. The Labute approximate surface area is 120 Å². The molecule has 20 heavy (non-hydrogen) atoms. The standard InChI is InChI=1S/C13H15FN4OS/c1-8-4-5-10(14)6-11(8)16-12(19)9(2)20-13-17-15-7-18(13)3/h4-7,9H,1-3H3,(H,16,19). The van der Waals surface area contributed by atoms with Crippen LogP contribution in [-0.4, -0.2) is 25.9 Å². The van der Waals surface area contributed by atoms with Crippen LogP contribution in [0.1, 0.15) is 12.5 Å². The smallest absolute Gasteiger partial charge is 0.237 e. The molecule has 106 valence electrons. The quantitative estimate of drug-likeness (QED) is 0.880. The van der Waals surface area contributed by atoms with Gasteiger partial charge in [0.05, 0.1) is 5.25 Å². The summed E-state index contributed by atoms with van der Waals surface area (Å²) in [5.41, 5.74) is 1.30. The van der Waals surface area contributed by atoms with Gasteiger partial charge in [0.1, 0.15) is 12.1 Å². The molecule has 7 heteroatoms. The second-order valence-electron chi connectivity index (χ2n) is 4.43. The molecular formula is C13H15FN4OS. The zero-order chi connectivity index (χ0) is 14.7. The average Bonchev–Trinajstić information content (AvgIpc) is 2.79. The van der Waals surface area contributed by atoms with E-state index in [1.165, 1.54) is 23.9 Å². The third kappa shape index (κ3) is 3.36. The Morgan fingerprint density at radius 1 is 1.50 bits per heavy atom. The number of amides is 1. The first-order valence-corrected chi connectivity index (χ1v) is 6.93. The van der Waals surface area contributed by atoms with Gasteiger partial charge in [0.15, 0.2) is 5.16 Å². The average molecular weight is 294 g/mol. The summed E-state index contributed by atoms with van der Waals surface area (Å²) < 4.78 is 14.9. The third-order valence-corrected chi connectivity index (χ3v) is 3.93. The highest BCUT2D eigenvalue weighted by molar-refractivity contribution is 8.00. The minimum atomic E-state index is -0.375. The van der Waals surface area contributed by atoms with Crippen LogP contribution in [0.3, 0.4) is 0 Å². The summed E-state index contributed by atoms with van der Waals surface area (Å²) in [5.74, 6) is -0.578. The Balaban J connectivity index is 2.04. The Kier molecular flexibility index (Phi) is 4.39. The molecule has 1 aromatic heterocycles. The first-order valence-electron chi connectivity index (χ1n) is 6.05. The van der Waals surface area contributed by atoms with E-state index in [4.69, 9.17) is 0 Å². The van der Waals surface area contributed by atoms with Gasteiger partial charge in [-0.25, -0.2) is 4.39 Å². The largest absolute Gasteiger partial charge is 0.325 e. The molecule has 0 radical (unpaired) electrons. The molecular weight excluding hydrogens is 279 g/mol. The predicted molar refractivity (Wildman–Crippen MR) is 76.1 cm³/mol. The van der Waals surface area contributed by atoms with Crippen LogP contribution in [0.2, 0.25) is 0 Å². The Hall–Kier alpha value is -1.89. The minimum absolute atomic E-state index is 0.202. The number of aromatic nitrogens is 3. The molecule has 1 heterocycles. The molecule has 0 aliphatic carbocycles. The highest BCUT2D eigenvalue weighted by Gasteiger charge is 2.18. The van der Waals surface area contributed by atoms with Crippen molar-refractivity contribution in [2.75, 3.05) is 5.32 Å². The third-order valence-electron chi connectivity index (χ3n) is 2.78. The van der Waals surface area contributed by atoms with Gasteiger partial charge in [-0.05, 0) is 31.5 Å². The van der Waals surface area contributed by atoms with Crippen molar-refractivity contribution < 1.29 is 9.18 Å². The zero-order valence-corrected chi connectivity index (χ0v) is 12.2. The van der Waals surface area contributed by atoms with Crippen molar-refractivity contribution in [3.05, 3.63) is 35.9 Å². The molecule has 0 saturated carbocycles. The predicted octanol–water partition coefficient (Wildman–Crippen LogP) is 2.38. The molecule has 5 nitrogen and oxygen atoms in total. The molecule has 0 spiro atoms. The summed E-state index contributed by atoms with van der Waals surface area (Å²) in [4.78, 5) is 12.1. The number of benzene rings is 1. The molecule has 2 rings (SSSR count). The van der Waals surface area contributed by atoms with E-state index < -0.39 is 0 Å². The number of halogens is 1. The fraction of sp³-hybridized carbons (Fsp3) is 0.308. The summed E-state index contributed by atoms with van der Waals surface area (Å²) in [6.45, 7) is 3.58. The number of rotatable bonds is 4. The molecule has 0 saturated heterocycles. The van der Waals surface area contributed by atoms with Crippen molar-refractivity contribution in [2.24, 2.45) is 7.05 Å². The van der Waals surface area contributed by atoms with Crippen molar-refractivity contribution in [1.29, 1.82) is 0 Å². The lowest BCUT2D eigenvalue weighted by Gasteiger charge is -2.13. The van der Waals surface area contributed by atoms with Gasteiger partial charge in [0.25, 0.3) is 0 Å². The maximum Gasteiger partial charge on any atom is 0.237 e. The lowest BCUT2D eigenvalue weighted by molar-refractivity contribution is -0.115. The van der Waals surface area contributed by atoms with Crippen LogP contribution in [-0.2, 0) is 11.8 Å². The Bertz CT molecular complexity index is 629. The lowest BCUT2D eigenvalue weighted by atomic mass is 10.2. The van der Waals surface area contributed by atoms with Crippen LogP contribution < -0.4 is 5.32 Å². The molecule has 0 fully saturated rings. The maximum absolute atomic E-state index is 13.2. The van der Waals surface area contributed by atoms with E-state index in [-0.39, 0.29) is 17.0 Å². The van der Waals surface area contributed by atoms with E-state index in [0.717, 1.165) is 5.56 Å². The van der Waals surface area contributed by atoms with Gasteiger partial charge < -0.3 is 9.88 Å². The van der Waals surface area contributed by atoms with Crippen molar-refractivity contribution >= 4 is 23.4 Å². The molecule has 2 aromatic rings. The number of nitrogens with one attached hydrogen (secondary N) is 1. The van der Waals surface area contributed by atoms with Gasteiger partial charge in [-0.3, -0.25) is 4.79 Å². The van der Waals surface area contributed by atoms with Crippen LogP contribution in [0.15, 0.2) is 29.7 Å². The summed E-state index contributed by atoms with van der Waals surface area (Å²) >= 11 is 1.30. The molecule has 0 aliphatic rings. The number of aryl methyl sites for hydroxylation is 2. The molecule has 0 bridgehead atoms.